The van der Waals surface area contributed by atoms with Gasteiger partial charge in [0.15, 0.2) is 0 Å². The van der Waals surface area contributed by atoms with Crippen molar-refractivity contribution < 1.29 is 9.53 Å². The Hall–Kier alpha value is -2.17. The van der Waals surface area contributed by atoms with Crippen LogP contribution in [0.25, 0.3) is 0 Å². The van der Waals surface area contributed by atoms with Gasteiger partial charge in [-0.2, -0.15) is 0 Å². The number of hydrogen-bond donors (Lipinski definition) is 1. The van der Waals surface area contributed by atoms with Crippen molar-refractivity contribution in [1.29, 1.82) is 0 Å². The highest BCUT2D eigenvalue weighted by Crippen LogP contribution is 2.18. The molecule has 0 spiro atoms. The number of hydrogen-bond acceptors (Lipinski definition) is 4. The number of ether oxygens (including phenoxy) is 1. The van der Waals surface area contributed by atoms with Gasteiger partial charge in [0.2, 0.25) is 0 Å². The molecule has 0 saturated carbocycles. The summed E-state index contributed by atoms with van der Waals surface area (Å²) in [5.74, 6) is -0.124. The summed E-state index contributed by atoms with van der Waals surface area (Å²) in [5, 5.41) is 0. The summed E-state index contributed by atoms with van der Waals surface area (Å²) in [6.45, 7) is 2.91. The molecule has 0 unspecified atom stereocenters. The van der Waals surface area contributed by atoms with Crippen LogP contribution in [0.5, 0.6) is 0 Å². The predicted molar refractivity (Wildman–Crippen MR) is 104 cm³/mol. The smallest absolute Gasteiger partial charge is 0.310 e. The minimum atomic E-state index is -0.124. The summed E-state index contributed by atoms with van der Waals surface area (Å²) in [6.07, 6.45) is 3.16. The molecule has 1 saturated heterocycles. The van der Waals surface area contributed by atoms with Gasteiger partial charge in [0.1, 0.15) is 6.10 Å². The first-order chi connectivity index (χ1) is 12.7. The molecule has 2 N–H and O–H groups in total. The molecule has 0 bridgehead atoms. The number of piperidine rings is 1. The molecule has 0 radical (unpaired) electrons. The van der Waals surface area contributed by atoms with E-state index >= 15 is 0 Å². The molecular formula is C22H28N2O2. The van der Waals surface area contributed by atoms with Crippen molar-refractivity contribution in [2.24, 2.45) is 5.73 Å². The lowest BCUT2D eigenvalue weighted by Gasteiger charge is -2.32. The van der Waals surface area contributed by atoms with E-state index in [2.05, 4.69) is 17.0 Å². The monoisotopic (exact) mass is 352 g/mol. The van der Waals surface area contributed by atoms with Crippen LogP contribution in [0.3, 0.4) is 0 Å². The second kappa shape index (κ2) is 9.51. The number of likely N-dealkylation sites (tertiary alicyclic amines) is 1. The number of benzene rings is 2. The van der Waals surface area contributed by atoms with E-state index in [9.17, 15) is 4.79 Å². The normalized spacial score (nSPS) is 17.0. The maximum atomic E-state index is 12.1. The minimum Gasteiger partial charge on any atom is -0.462 e. The van der Waals surface area contributed by atoms with Crippen LogP contribution in [0.15, 0.2) is 60.7 Å². The highest BCUT2D eigenvalue weighted by molar-refractivity contribution is 5.72. The van der Waals surface area contributed by atoms with Crippen molar-refractivity contribution >= 4 is 5.97 Å². The Balaban J connectivity index is 1.35. The minimum absolute atomic E-state index is 0.0465. The Morgan fingerprint density at radius 1 is 1.04 bits per heavy atom. The van der Waals surface area contributed by atoms with Gasteiger partial charge in [-0.3, -0.25) is 4.79 Å². The fourth-order valence-electron chi connectivity index (χ4n) is 3.43. The molecule has 1 fully saturated rings. The molecule has 1 aliphatic heterocycles. The van der Waals surface area contributed by atoms with Crippen LogP contribution in [-0.4, -0.2) is 36.6 Å². The Morgan fingerprint density at radius 3 is 2.31 bits per heavy atom. The van der Waals surface area contributed by atoms with Crippen LogP contribution < -0.4 is 5.73 Å². The van der Waals surface area contributed by atoms with Gasteiger partial charge in [-0.25, -0.2) is 0 Å². The lowest BCUT2D eigenvalue weighted by Crippen LogP contribution is -2.39. The number of esters is 1. The summed E-state index contributed by atoms with van der Waals surface area (Å²) in [7, 11) is 0. The van der Waals surface area contributed by atoms with E-state index < -0.39 is 0 Å². The molecule has 0 aromatic heterocycles. The zero-order valence-electron chi connectivity index (χ0n) is 15.2. The Morgan fingerprint density at radius 2 is 1.65 bits per heavy atom. The molecule has 1 heterocycles. The third kappa shape index (κ3) is 5.68. The average Bonchev–Trinajstić information content (AvgIpc) is 2.68. The number of rotatable bonds is 7. The van der Waals surface area contributed by atoms with Crippen LogP contribution in [-0.2, 0) is 16.0 Å². The number of nitrogens with zero attached hydrogens (tertiary/aromatic N) is 1. The van der Waals surface area contributed by atoms with Crippen LogP contribution >= 0.6 is 0 Å². The van der Waals surface area contributed by atoms with Crippen molar-refractivity contribution in [2.75, 3.05) is 19.6 Å². The molecule has 26 heavy (non-hydrogen) atoms. The fraction of sp³-hybridized carbons (Fsp3) is 0.409. The second-order valence-corrected chi connectivity index (χ2v) is 7.00. The fourth-order valence-corrected chi connectivity index (χ4v) is 3.43. The maximum absolute atomic E-state index is 12.1. The molecule has 4 heteroatoms. The van der Waals surface area contributed by atoms with Crippen LogP contribution in [0.2, 0.25) is 0 Å². The maximum Gasteiger partial charge on any atom is 0.310 e. The highest BCUT2D eigenvalue weighted by atomic mass is 16.5. The van der Waals surface area contributed by atoms with Crippen molar-refractivity contribution in [3.8, 4) is 0 Å². The Bertz CT molecular complexity index is 667. The lowest BCUT2D eigenvalue weighted by atomic mass is 10.0. The van der Waals surface area contributed by atoms with Crippen LogP contribution in [0.1, 0.15) is 36.4 Å². The molecule has 138 valence electrons. The van der Waals surface area contributed by atoms with E-state index in [0.29, 0.717) is 6.42 Å². The van der Waals surface area contributed by atoms with Crippen molar-refractivity contribution in [1.82, 2.24) is 4.90 Å². The third-order valence-corrected chi connectivity index (χ3v) is 5.01. The van der Waals surface area contributed by atoms with Gasteiger partial charge in [-0.1, -0.05) is 60.7 Å². The Labute approximate surface area is 156 Å². The van der Waals surface area contributed by atoms with E-state index in [1.54, 1.807) is 0 Å². The summed E-state index contributed by atoms with van der Waals surface area (Å²) in [4.78, 5) is 14.5. The molecule has 1 atom stereocenters. The zero-order valence-corrected chi connectivity index (χ0v) is 15.2. The van der Waals surface area contributed by atoms with Gasteiger partial charge in [0, 0.05) is 19.1 Å². The third-order valence-electron chi connectivity index (χ3n) is 5.01. The van der Waals surface area contributed by atoms with E-state index in [1.807, 2.05) is 48.5 Å². The van der Waals surface area contributed by atoms with Crippen molar-refractivity contribution in [2.45, 2.75) is 37.8 Å². The summed E-state index contributed by atoms with van der Waals surface area (Å²) in [6, 6.07) is 20.1. The molecule has 4 nitrogen and oxygen atoms in total. The SMILES string of the molecule is N[C@@H](CCN1CCC(OC(=O)Cc2ccccc2)CC1)c1ccccc1. The molecular weight excluding hydrogens is 324 g/mol. The van der Waals surface area contributed by atoms with E-state index in [4.69, 9.17) is 10.5 Å². The van der Waals surface area contributed by atoms with E-state index in [1.165, 1.54) is 5.56 Å². The molecule has 3 rings (SSSR count). The lowest BCUT2D eigenvalue weighted by molar-refractivity contribution is -0.150. The molecule has 0 amide bonds. The van der Waals surface area contributed by atoms with Crippen molar-refractivity contribution in [3.05, 3.63) is 71.8 Å². The van der Waals surface area contributed by atoms with Crippen LogP contribution in [0.4, 0.5) is 0 Å². The van der Waals surface area contributed by atoms with Crippen LogP contribution in [0, 0.1) is 0 Å². The molecule has 2 aromatic carbocycles. The van der Waals surface area contributed by atoms with Gasteiger partial charge < -0.3 is 15.4 Å². The first kappa shape index (κ1) is 18.6. The van der Waals surface area contributed by atoms with E-state index in [0.717, 1.165) is 44.5 Å². The van der Waals surface area contributed by atoms with Gasteiger partial charge >= 0.3 is 5.97 Å². The summed E-state index contributed by atoms with van der Waals surface area (Å²) < 4.78 is 5.65. The van der Waals surface area contributed by atoms with Gasteiger partial charge in [-0.15, -0.1) is 0 Å². The zero-order chi connectivity index (χ0) is 18.2. The van der Waals surface area contributed by atoms with E-state index in [-0.39, 0.29) is 18.1 Å². The topological polar surface area (TPSA) is 55.6 Å². The molecule has 1 aliphatic rings. The first-order valence-electron chi connectivity index (χ1n) is 9.47. The number of carbonyl (C=O) groups excluding carboxylic acids is 1. The quantitative estimate of drug-likeness (QED) is 0.777. The molecule has 0 aliphatic carbocycles. The first-order valence-corrected chi connectivity index (χ1v) is 9.47. The van der Waals surface area contributed by atoms with Gasteiger partial charge in [0.25, 0.3) is 0 Å². The molecule has 2 aromatic rings. The largest absolute Gasteiger partial charge is 0.462 e. The predicted octanol–water partition coefficient (Wildman–Crippen LogP) is 3.33. The Kier molecular flexibility index (Phi) is 6.81. The number of nitrogens with two attached hydrogens (primary N) is 1. The second-order valence-electron chi connectivity index (χ2n) is 7.00. The van der Waals surface area contributed by atoms with Gasteiger partial charge in [0.05, 0.1) is 6.42 Å². The highest BCUT2D eigenvalue weighted by Gasteiger charge is 2.22. The number of carbonyl (C=O) groups is 1. The summed E-state index contributed by atoms with van der Waals surface area (Å²) >= 11 is 0. The average molecular weight is 352 g/mol. The standard InChI is InChI=1S/C22H28N2O2/c23-21(19-9-5-2-6-10-19)13-16-24-14-11-20(12-15-24)26-22(25)17-18-7-3-1-4-8-18/h1-10,20-21H,11-17,23H2/t21-/m0/s1. The summed E-state index contributed by atoms with van der Waals surface area (Å²) in [5.41, 5.74) is 8.48. The van der Waals surface area contributed by atoms with Gasteiger partial charge in [-0.05, 0) is 36.9 Å². The van der Waals surface area contributed by atoms with Crippen molar-refractivity contribution in [3.63, 3.8) is 0 Å².